The standard InChI is InChI=1S/C8H15N2/c1-2-4-8-7-9-5-3-6-10-8/h2,4,8-10H,1,3,5-7H2/i7+1. The highest BCUT2D eigenvalue weighted by atomic mass is 15.1. The average Bonchev–Trinajstić information content (AvgIpc) is 2.17. The quantitative estimate of drug-likeness (QED) is 0.540. The first-order valence-electron chi connectivity index (χ1n) is 3.83. The molecular weight excluding hydrogens is 125 g/mol. The van der Waals surface area contributed by atoms with E-state index in [0.29, 0.717) is 6.04 Å². The molecule has 0 bridgehead atoms. The van der Waals surface area contributed by atoms with Gasteiger partial charge in [-0.15, -0.1) is 6.58 Å². The van der Waals surface area contributed by atoms with Crippen LogP contribution in [0.4, 0.5) is 0 Å². The fourth-order valence-corrected chi connectivity index (χ4v) is 1.13. The highest BCUT2D eigenvalue weighted by Crippen LogP contribution is 1.93. The van der Waals surface area contributed by atoms with Crippen LogP contribution in [0, 0.1) is 6.42 Å². The van der Waals surface area contributed by atoms with Crippen LogP contribution in [-0.2, 0) is 0 Å². The van der Waals surface area contributed by atoms with Gasteiger partial charge >= 0.3 is 0 Å². The van der Waals surface area contributed by atoms with Crippen LogP contribution < -0.4 is 10.6 Å². The zero-order valence-electron chi connectivity index (χ0n) is 6.27. The SMILES string of the molecule is C=C[CH]C1[13CH2]NCCCN1. The lowest BCUT2D eigenvalue weighted by Gasteiger charge is -2.11. The maximum absolute atomic E-state index is 3.66. The molecule has 0 spiro atoms. The molecule has 2 N–H and O–H groups in total. The van der Waals surface area contributed by atoms with Crippen molar-refractivity contribution in [3.8, 4) is 0 Å². The summed E-state index contributed by atoms with van der Waals surface area (Å²) in [7, 11) is 0. The third-order valence-electron chi connectivity index (χ3n) is 1.67. The molecule has 1 heterocycles. The molecule has 0 amide bonds. The molecule has 1 aliphatic rings. The minimum Gasteiger partial charge on any atom is -0.315 e. The van der Waals surface area contributed by atoms with E-state index >= 15 is 0 Å². The van der Waals surface area contributed by atoms with E-state index in [1.807, 2.05) is 6.08 Å². The van der Waals surface area contributed by atoms with Crippen LogP contribution in [0.15, 0.2) is 12.7 Å². The summed E-state index contributed by atoms with van der Waals surface area (Å²) in [6, 6.07) is 0.486. The lowest BCUT2D eigenvalue weighted by Crippen LogP contribution is -2.34. The summed E-state index contributed by atoms with van der Waals surface area (Å²) in [5.41, 5.74) is 0. The molecule has 57 valence electrons. The molecule has 1 radical (unpaired) electrons. The summed E-state index contributed by atoms with van der Waals surface area (Å²) >= 11 is 0. The van der Waals surface area contributed by atoms with Gasteiger partial charge in [0, 0.05) is 19.0 Å². The largest absolute Gasteiger partial charge is 0.315 e. The van der Waals surface area contributed by atoms with Gasteiger partial charge < -0.3 is 10.6 Å². The van der Waals surface area contributed by atoms with Crippen molar-refractivity contribution in [2.75, 3.05) is 19.6 Å². The Kier molecular flexibility index (Phi) is 3.47. The van der Waals surface area contributed by atoms with E-state index < -0.39 is 0 Å². The number of nitrogens with one attached hydrogen (secondary N) is 2. The van der Waals surface area contributed by atoms with Gasteiger partial charge in [-0.3, -0.25) is 0 Å². The maximum Gasteiger partial charge on any atom is 0.0261 e. The van der Waals surface area contributed by atoms with Crippen molar-refractivity contribution in [1.82, 2.24) is 10.6 Å². The molecule has 0 aromatic rings. The van der Waals surface area contributed by atoms with Crippen molar-refractivity contribution in [3.05, 3.63) is 19.1 Å². The van der Waals surface area contributed by atoms with E-state index in [4.69, 9.17) is 0 Å². The Balaban J connectivity index is 2.21. The van der Waals surface area contributed by atoms with Crippen molar-refractivity contribution in [2.24, 2.45) is 0 Å². The van der Waals surface area contributed by atoms with Gasteiger partial charge in [-0.1, -0.05) is 6.08 Å². The fourth-order valence-electron chi connectivity index (χ4n) is 1.13. The van der Waals surface area contributed by atoms with Gasteiger partial charge in [-0.25, -0.2) is 0 Å². The molecule has 2 heteroatoms. The minimum absolute atomic E-state index is 0.486. The van der Waals surface area contributed by atoms with Gasteiger partial charge in [0.05, 0.1) is 0 Å². The Morgan fingerprint density at radius 2 is 2.30 bits per heavy atom. The van der Waals surface area contributed by atoms with E-state index in [0.717, 1.165) is 19.6 Å². The van der Waals surface area contributed by atoms with Crippen LogP contribution in [0.5, 0.6) is 0 Å². The zero-order valence-corrected chi connectivity index (χ0v) is 6.27. The van der Waals surface area contributed by atoms with Crippen LogP contribution >= 0.6 is 0 Å². The highest BCUT2D eigenvalue weighted by Gasteiger charge is 2.07. The van der Waals surface area contributed by atoms with Crippen LogP contribution in [-0.4, -0.2) is 25.7 Å². The average molecular weight is 140 g/mol. The molecule has 1 aliphatic heterocycles. The second kappa shape index (κ2) is 4.47. The number of hydrogen-bond donors (Lipinski definition) is 2. The van der Waals surface area contributed by atoms with Crippen molar-refractivity contribution >= 4 is 0 Å². The van der Waals surface area contributed by atoms with E-state index in [-0.39, 0.29) is 0 Å². The summed E-state index contributed by atoms with van der Waals surface area (Å²) in [6.45, 7) is 6.94. The van der Waals surface area contributed by atoms with Crippen LogP contribution in [0.2, 0.25) is 0 Å². The van der Waals surface area contributed by atoms with Crippen LogP contribution in [0.3, 0.4) is 0 Å². The molecular formula is C8H15N2. The zero-order chi connectivity index (χ0) is 7.23. The number of rotatable bonds is 2. The van der Waals surface area contributed by atoms with Crippen LogP contribution in [0.1, 0.15) is 6.42 Å². The van der Waals surface area contributed by atoms with Gasteiger partial charge in [0.2, 0.25) is 0 Å². The van der Waals surface area contributed by atoms with E-state index in [9.17, 15) is 0 Å². The topological polar surface area (TPSA) is 24.1 Å². The smallest absolute Gasteiger partial charge is 0.0261 e. The van der Waals surface area contributed by atoms with Crippen molar-refractivity contribution in [2.45, 2.75) is 12.5 Å². The normalized spacial score (nSPS) is 27.4. The Bertz CT molecular complexity index is 93.4. The Morgan fingerprint density at radius 1 is 1.40 bits per heavy atom. The Labute approximate surface area is 62.7 Å². The first-order valence-corrected chi connectivity index (χ1v) is 3.83. The molecule has 1 unspecified atom stereocenters. The van der Waals surface area contributed by atoms with Crippen molar-refractivity contribution in [3.63, 3.8) is 0 Å². The van der Waals surface area contributed by atoms with E-state index in [2.05, 4.69) is 23.6 Å². The minimum atomic E-state index is 0.486. The van der Waals surface area contributed by atoms with Crippen molar-refractivity contribution in [1.29, 1.82) is 0 Å². The van der Waals surface area contributed by atoms with Gasteiger partial charge in [0.15, 0.2) is 0 Å². The second-order valence-electron chi connectivity index (χ2n) is 2.55. The molecule has 1 rings (SSSR count). The highest BCUT2D eigenvalue weighted by molar-refractivity contribution is 4.98. The molecule has 0 saturated carbocycles. The monoisotopic (exact) mass is 140 g/mol. The molecule has 10 heavy (non-hydrogen) atoms. The van der Waals surface area contributed by atoms with Gasteiger partial charge in [-0.05, 0) is 19.5 Å². The van der Waals surface area contributed by atoms with Gasteiger partial charge in [0.1, 0.15) is 0 Å². The lowest BCUT2D eigenvalue weighted by atomic mass is 10.3. The first-order chi connectivity index (χ1) is 4.93. The summed E-state index contributed by atoms with van der Waals surface area (Å²) in [5, 5.41) is 6.73. The second-order valence-corrected chi connectivity index (χ2v) is 2.55. The van der Waals surface area contributed by atoms with E-state index in [1.54, 1.807) is 0 Å². The first kappa shape index (κ1) is 7.76. The predicted molar refractivity (Wildman–Crippen MR) is 43.8 cm³/mol. The van der Waals surface area contributed by atoms with Crippen molar-refractivity contribution < 1.29 is 0 Å². The molecule has 0 aliphatic carbocycles. The molecule has 0 aromatic carbocycles. The van der Waals surface area contributed by atoms with E-state index in [1.165, 1.54) is 6.42 Å². The third-order valence-corrected chi connectivity index (χ3v) is 1.67. The molecule has 0 aromatic heterocycles. The summed E-state index contributed by atoms with van der Waals surface area (Å²) in [4.78, 5) is 0. The number of hydrogen-bond acceptors (Lipinski definition) is 2. The molecule has 1 atom stereocenters. The fraction of sp³-hybridized carbons (Fsp3) is 0.625. The predicted octanol–water partition coefficient (Wildman–Crippen LogP) is 0.328. The van der Waals surface area contributed by atoms with Gasteiger partial charge in [0.25, 0.3) is 0 Å². The summed E-state index contributed by atoms with van der Waals surface area (Å²) in [5.74, 6) is 0. The Morgan fingerprint density at radius 3 is 3.10 bits per heavy atom. The Hall–Kier alpha value is -0.340. The third kappa shape index (κ3) is 2.50. The van der Waals surface area contributed by atoms with Gasteiger partial charge in [-0.2, -0.15) is 0 Å². The van der Waals surface area contributed by atoms with Crippen LogP contribution in [0.25, 0.3) is 0 Å². The molecule has 1 fully saturated rings. The summed E-state index contributed by atoms with van der Waals surface area (Å²) in [6.07, 6.45) is 5.17. The molecule has 1 saturated heterocycles. The molecule has 2 nitrogen and oxygen atoms in total. The lowest BCUT2D eigenvalue weighted by molar-refractivity contribution is 0.594. The summed E-state index contributed by atoms with van der Waals surface area (Å²) < 4.78 is 0. The maximum atomic E-state index is 3.66.